The lowest BCUT2D eigenvalue weighted by Crippen LogP contribution is -2.54. The van der Waals surface area contributed by atoms with Crippen molar-refractivity contribution < 1.29 is 14.6 Å². The number of hydrogen-bond acceptors (Lipinski definition) is 4. The van der Waals surface area contributed by atoms with Crippen LogP contribution in [0.2, 0.25) is 0 Å². The molecule has 2 N–H and O–H groups in total. The van der Waals surface area contributed by atoms with Crippen LogP contribution >= 0.6 is 0 Å². The standard InChI is InChI=1S/C14H27NO3/c1-13(2,4-7-16)15-12-3-8-18-14(11-12)5-9-17-10-6-14/h12,15-16H,3-11H2,1-2H3. The van der Waals surface area contributed by atoms with Gasteiger partial charge in [-0.15, -0.1) is 0 Å². The zero-order chi connectivity index (χ0) is 13.1. The van der Waals surface area contributed by atoms with Crippen LogP contribution in [0.3, 0.4) is 0 Å². The Labute approximate surface area is 110 Å². The molecule has 2 aliphatic heterocycles. The van der Waals surface area contributed by atoms with Crippen LogP contribution in [0.15, 0.2) is 0 Å². The fourth-order valence-corrected chi connectivity index (χ4v) is 3.15. The highest BCUT2D eigenvalue weighted by Crippen LogP contribution is 2.34. The van der Waals surface area contributed by atoms with Gasteiger partial charge in [-0.2, -0.15) is 0 Å². The van der Waals surface area contributed by atoms with Gasteiger partial charge in [0.2, 0.25) is 0 Å². The van der Waals surface area contributed by atoms with Crippen molar-refractivity contribution in [1.29, 1.82) is 0 Å². The predicted molar refractivity (Wildman–Crippen MR) is 70.7 cm³/mol. The van der Waals surface area contributed by atoms with E-state index in [4.69, 9.17) is 14.6 Å². The van der Waals surface area contributed by atoms with E-state index < -0.39 is 0 Å². The zero-order valence-electron chi connectivity index (χ0n) is 11.7. The molecule has 2 aliphatic rings. The summed E-state index contributed by atoms with van der Waals surface area (Å²) in [4.78, 5) is 0. The first kappa shape index (κ1) is 14.3. The first-order chi connectivity index (χ1) is 8.55. The Hall–Kier alpha value is -0.160. The Morgan fingerprint density at radius 1 is 1.28 bits per heavy atom. The third kappa shape index (κ3) is 3.67. The van der Waals surface area contributed by atoms with E-state index in [2.05, 4.69) is 19.2 Å². The summed E-state index contributed by atoms with van der Waals surface area (Å²) < 4.78 is 11.5. The molecule has 0 bridgehead atoms. The number of aliphatic hydroxyl groups excluding tert-OH is 1. The minimum Gasteiger partial charge on any atom is -0.396 e. The minimum atomic E-state index is 0.00309. The number of nitrogens with one attached hydrogen (secondary N) is 1. The molecule has 0 aromatic heterocycles. The summed E-state index contributed by atoms with van der Waals surface area (Å²) in [5.41, 5.74) is 0.0482. The smallest absolute Gasteiger partial charge is 0.0741 e. The van der Waals surface area contributed by atoms with Gasteiger partial charge >= 0.3 is 0 Å². The average molecular weight is 257 g/mol. The van der Waals surface area contributed by atoms with Gasteiger partial charge in [0, 0.05) is 38.0 Å². The molecule has 106 valence electrons. The Morgan fingerprint density at radius 3 is 2.67 bits per heavy atom. The molecule has 4 nitrogen and oxygen atoms in total. The quantitative estimate of drug-likeness (QED) is 0.800. The van der Waals surface area contributed by atoms with Crippen LogP contribution in [0.5, 0.6) is 0 Å². The molecule has 2 saturated heterocycles. The summed E-state index contributed by atoms with van der Waals surface area (Å²) >= 11 is 0. The van der Waals surface area contributed by atoms with E-state index in [1.807, 2.05) is 0 Å². The lowest BCUT2D eigenvalue weighted by Gasteiger charge is -2.45. The van der Waals surface area contributed by atoms with Crippen LogP contribution in [-0.4, -0.2) is 48.7 Å². The summed E-state index contributed by atoms with van der Waals surface area (Å²) in [5, 5.41) is 12.8. The van der Waals surface area contributed by atoms with E-state index in [1.54, 1.807) is 0 Å². The molecule has 2 heterocycles. The molecule has 2 fully saturated rings. The molecular formula is C14H27NO3. The highest BCUT2D eigenvalue weighted by atomic mass is 16.5. The van der Waals surface area contributed by atoms with Gasteiger partial charge in [-0.3, -0.25) is 0 Å². The largest absolute Gasteiger partial charge is 0.396 e. The number of ether oxygens (including phenoxy) is 2. The molecule has 1 unspecified atom stereocenters. The zero-order valence-corrected chi connectivity index (χ0v) is 11.7. The third-order valence-corrected chi connectivity index (χ3v) is 4.23. The Balaban J connectivity index is 1.90. The molecule has 0 radical (unpaired) electrons. The molecule has 0 saturated carbocycles. The SMILES string of the molecule is CC(C)(CCO)NC1CCOC2(CCOCC2)C1. The average Bonchev–Trinajstić information content (AvgIpc) is 2.29. The van der Waals surface area contributed by atoms with Crippen molar-refractivity contribution in [1.82, 2.24) is 5.32 Å². The molecule has 0 amide bonds. The monoisotopic (exact) mass is 257 g/mol. The van der Waals surface area contributed by atoms with Crippen LogP contribution in [0.4, 0.5) is 0 Å². The maximum absolute atomic E-state index is 9.09. The first-order valence-corrected chi connectivity index (χ1v) is 7.16. The van der Waals surface area contributed by atoms with Gasteiger partial charge in [0.1, 0.15) is 0 Å². The van der Waals surface area contributed by atoms with E-state index in [-0.39, 0.29) is 17.7 Å². The van der Waals surface area contributed by atoms with Crippen LogP contribution in [0.25, 0.3) is 0 Å². The third-order valence-electron chi connectivity index (χ3n) is 4.23. The van der Waals surface area contributed by atoms with Crippen molar-refractivity contribution in [3.8, 4) is 0 Å². The lowest BCUT2D eigenvalue weighted by atomic mass is 9.83. The van der Waals surface area contributed by atoms with E-state index in [1.165, 1.54) is 0 Å². The van der Waals surface area contributed by atoms with Gasteiger partial charge in [0.25, 0.3) is 0 Å². The molecule has 4 heteroatoms. The fourth-order valence-electron chi connectivity index (χ4n) is 3.15. The maximum atomic E-state index is 9.09. The highest BCUT2D eigenvalue weighted by molar-refractivity contribution is 4.94. The van der Waals surface area contributed by atoms with E-state index in [0.717, 1.165) is 51.9 Å². The van der Waals surface area contributed by atoms with Gasteiger partial charge in [-0.25, -0.2) is 0 Å². The molecule has 18 heavy (non-hydrogen) atoms. The van der Waals surface area contributed by atoms with E-state index >= 15 is 0 Å². The van der Waals surface area contributed by atoms with Crippen molar-refractivity contribution in [3.63, 3.8) is 0 Å². The fraction of sp³-hybridized carbons (Fsp3) is 1.00. The lowest BCUT2D eigenvalue weighted by molar-refractivity contribution is -0.141. The molecule has 1 atom stereocenters. The van der Waals surface area contributed by atoms with Crippen molar-refractivity contribution in [3.05, 3.63) is 0 Å². The van der Waals surface area contributed by atoms with Crippen molar-refractivity contribution in [2.75, 3.05) is 26.4 Å². The highest BCUT2D eigenvalue weighted by Gasteiger charge is 2.40. The summed E-state index contributed by atoms with van der Waals surface area (Å²) in [6, 6.07) is 0.499. The van der Waals surface area contributed by atoms with Crippen LogP contribution < -0.4 is 5.32 Å². The van der Waals surface area contributed by atoms with Gasteiger partial charge in [-0.05, 0) is 46.0 Å². The van der Waals surface area contributed by atoms with Crippen LogP contribution in [0.1, 0.15) is 46.0 Å². The summed E-state index contributed by atoms with van der Waals surface area (Å²) in [6.45, 7) is 7.05. The Morgan fingerprint density at radius 2 is 2.00 bits per heavy atom. The molecule has 1 spiro atoms. The van der Waals surface area contributed by atoms with Crippen LogP contribution in [-0.2, 0) is 9.47 Å². The first-order valence-electron chi connectivity index (χ1n) is 7.16. The topological polar surface area (TPSA) is 50.7 Å². The summed E-state index contributed by atoms with van der Waals surface area (Å²) in [5.74, 6) is 0. The second-order valence-electron chi connectivity index (χ2n) is 6.34. The molecule has 0 aromatic rings. The van der Waals surface area contributed by atoms with Gasteiger partial charge in [0.05, 0.1) is 5.60 Å². The van der Waals surface area contributed by atoms with Crippen molar-refractivity contribution in [2.45, 2.75) is 63.1 Å². The number of rotatable bonds is 4. The second-order valence-corrected chi connectivity index (χ2v) is 6.34. The molecule has 2 rings (SSSR count). The van der Waals surface area contributed by atoms with E-state index in [0.29, 0.717) is 6.04 Å². The van der Waals surface area contributed by atoms with Crippen molar-refractivity contribution in [2.24, 2.45) is 0 Å². The Bertz CT molecular complexity index is 256. The van der Waals surface area contributed by atoms with Gasteiger partial charge in [0.15, 0.2) is 0 Å². The minimum absolute atomic E-state index is 0.00309. The van der Waals surface area contributed by atoms with Gasteiger partial charge in [-0.1, -0.05) is 0 Å². The predicted octanol–water partition coefficient (Wildman–Crippen LogP) is 1.47. The molecule has 0 aromatic carbocycles. The summed E-state index contributed by atoms with van der Waals surface area (Å²) in [6.07, 6.45) is 4.97. The van der Waals surface area contributed by atoms with Crippen molar-refractivity contribution >= 4 is 0 Å². The Kier molecular flexibility index (Phi) is 4.64. The number of hydrogen-bond donors (Lipinski definition) is 2. The normalized spacial score (nSPS) is 28.5. The van der Waals surface area contributed by atoms with Gasteiger partial charge < -0.3 is 19.9 Å². The number of aliphatic hydroxyl groups is 1. The molecule has 0 aliphatic carbocycles. The van der Waals surface area contributed by atoms with Crippen LogP contribution in [0, 0.1) is 0 Å². The second kappa shape index (κ2) is 5.87. The molecular weight excluding hydrogens is 230 g/mol. The van der Waals surface area contributed by atoms with E-state index in [9.17, 15) is 0 Å². The maximum Gasteiger partial charge on any atom is 0.0741 e. The summed E-state index contributed by atoms with van der Waals surface area (Å²) in [7, 11) is 0.